The number of hydrogen-bond donors (Lipinski definition) is 0. The number of carbonyl (C=O) groups is 1. The first-order valence-corrected chi connectivity index (χ1v) is 8.69. The topological polar surface area (TPSA) is 91.8 Å². The predicted molar refractivity (Wildman–Crippen MR) is 106 cm³/mol. The smallest absolute Gasteiger partial charge is 0.343 e. The number of esters is 1. The maximum absolute atomic E-state index is 12.2. The molecule has 1 aliphatic heterocycles. The predicted octanol–water partition coefficient (Wildman–Crippen LogP) is 4.84. The number of benzene rings is 2. The van der Waals surface area contributed by atoms with E-state index >= 15 is 0 Å². The van der Waals surface area contributed by atoms with Crippen LogP contribution in [0, 0.1) is 10.1 Å². The molecule has 1 aliphatic rings. The standard InChI is InChI=1S/C22H15NO6/c1-27-16-8-6-14(7-9-16)21-13-15(22(24)29-21)12-17-10-11-20(28-17)18-4-2-3-5-19(18)23(25)26/h2-13H,1H3/b15-12-. The zero-order chi connectivity index (χ0) is 20.4. The Hall–Kier alpha value is -4.13. The summed E-state index contributed by atoms with van der Waals surface area (Å²) < 4.78 is 16.2. The van der Waals surface area contributed by atoms with Gasteiger partial charge in [0.2, 0.25) is 0 Å². The molecule has 4 rings (SSSR count). The number of carbonyl (C=O) groups excluding carboxylic acids is 1. The van der Waals surface area contributed by atoms with Crippen LogP contribution in [0.4, 0.5) is 5.69 Å². The molecule has 0 saturated heterocycles. The van der Waals surface area contributed by atoms with E-state index in [0.29, 0.717) is 34.2 Å². The van der Waals surface area contributed by atoms with E-state index in [0.717, 1.165) is 5.56 Å². The molecule has 1 aromatic heterocycles. The van der Waals surface area contributed by atoms with Crippen molar-refractivity contribution in [3.05, 3.63) is 93.8 Å². The Balaban J connectivity index is 1.62. The summed E-state index contributed by atoms with van der Waals surface area (Å²) in [6.45, 7) is 0. The highest BCUT2D eigenvalue weighted by atomic mass is 16.6. The summed E-state index contributed by atoms with van der Waals surface area (Å²) in [5, 5.41) is 11.2. The number of nitro groups is 1. The molecule has 0 amide bonds. The van der Waals surface area contributed by atoms with E-state index in [4.69, 9.17) is 13.9 Å². The summed E-state index contributed by atoms with van der Waals surface area (Å²) in [4.78, 5) is 23.0. The fourth-order valence-corrected chi connectivity index (χ4v) is 2.96. The maximum Gasteiger partial charge on any atom is 0.343 e. The van der Waals surface area contributed by atoms with Crippen molar-refractivity contribution < 1.29 is 23.6 Å². The molecular weight excluding hydrogens is 374 g/mol. The normalized spacial score (nSPS) is 14.6. The van der Waals surface area contributed by atoms with Gasteiger partial charge in [0, 0.05) is 11.6 Å². The van der Waals surface area contributed by atoms with Gasteiger partial charge in [0.15, 0.2) is 0 Å². The first-order valence-electron chi connectivity index (χ1n) is 8.69. The SMILES string of the molecule is COc1ccc(C2=C/C(=C/c3ccc(-c4ccccc4[N+](=O)[O-])o3)C(=O)O2)cc1. The molecule has 0 saturated carbocycles. The molecule has 0 spiro atoms. The third-order valence-electron chi connectivity index (χ3n) is 4.39. The summed E-state index contributed by atoms with van der Waals surface area (Å²) in [6, 6.07) is 16.7. The van der Waals surface area contributed by atoms with E-state index in [1.54, 1.807) is 67.8 Å². The quantitative estimate of drug-likeness (QED) is 0.268. The van der Waals surface area contributed by atoms with Gasteiger partial charge in [-0.25, -0.2) is 4.79 Å². The first kappa shape index (κ1) is 18.2. The fourth-order valence-electron chi connectivity index (χ4n) is 2.96. The summed E-state index contributed by atoms with van der Waals surface area (Å²) in [6.07, 6.45) is 3.16. The minimum atomic E-state index is -0.501. The molecule has 0 radical (unpaired) electrons. The first-order chi connectivity index (χ1) is 14.0. The molecule has 2 heterocycles. The lowest BCUT2D eigenvalue weighted by molar-refractivity contribution is -0.384. The zero-order valence-electron chi connectivity index (χ0n) is 15.3. The lowest BCUT2D eigenvalue weighted by Gasteiger charge is -2.03. The van der Waals surface area contributed by atoms with E-state index in [-0.39, 0.29) is 5.69 Å². The number of para-hydroxylation sites is 1. The third-order valence-corrected chi connectivity index (χ3v) is 4.39. The maximum atomic E-state index is 12.2. The van der Waals surface area contributed by atoms with Crippen molar-refractivity contribution in [3.8, 4) is 17.1 Å². The highest BCUT2D eigenvalue weighted by Crippen LogP contribution is 2.33. The van der Waals surface area contributed by atoms with Gasteiger partial charge >= 0.3 is 5.97 Å². The largest absolute Gasteiger partial charge is 0.497 e. The van der Waals surface area contributed by atoms with Gasteiger partial charge in [0.1, 0.15) is 23.0 Å². The van der Waals surface area contributed by atoms with E-state index in [9.17, 15) is 14.9 Å². The Morgan fingerprint density at radius 3 is 2.52 bits per heavy atom. The molecule has 7 nitrogen and oxygen atoms in total. The highest BCUT2D eigenvalue weighted by molar-refractivity contribution is 6.04. The molecule has 0 fully saturated rings. The lowest BCUT2D eigenvalue weighted by Crippen LogP contribution is -1.97. The lowest BCUT2D eigenvalue weighted by atomic mass is 10.1. The molecular formula is C22H15NO6. The van der Waals surface area contributed by atoms with Crippen LogP contribution >= 0.6 is 0 Å². The second-order valence-electron chi connectivity index (χ2n) is 6.20. The van der Waals surface area contributed by atoms with Gasteiger partial charge in [-0.05, 0) is 54.6 Å². The minimum Gasteiger partial charge on any atom is -0.497 e. The van der Waals surface area contributed by atoms with Crippen LogP contribution in [0.1, 0.15) is 11.3 Å². The Labute approximate surface area is 165 Å². The number of nitrogens with zero attached hydrogens (tertiary/aromatic N) is 1. The van der Waals surface area contributed by atoms with E-state index < -0.39 is 10.9 Å². The van der Waals surface area contributed by atoms with Crippen LogP contribution in [0.2, 0.25) is 0 Å². The van der Waals surface area contributed by atoms with Gasteiger partial charge in [0.25, 0.3) is 5.69 Å². The number of cyclic esters (lactones) is 1. The average Bonchev–Trinajstić information content (AvgIpc) is 3.35. The van der Waals surface area contributed by atoms with Gasteiger partial charge in [0.05, 0.1) is 23.2 Å². The summed E-state index contributed by atoms with van der Waals surface area (Å²) in [5.74, 6) is 1.36. The Bertz CT molecular complexity index is 1150. The number of rotatable bonds is 5. The van der Waals surface area contributed by atoms with Crippen molar-refractivity contribution in [2.75, 3.05) is 7.11 Å². The summed E-state index contributed by atoms with van der Waals surface area (Å²) in [7, 11) is 1.58. The van der Waals surface area contributed by atoms with Crippen LogP contribution in [0.3, 0.4) is 0 Å². The van der Waals surface area contributed by atoms with Gasteiger partial charge in [-0.1, -0.05) is 12.1 Å². The molecule has 144 valence electrons. The number of hydrogen-bond acceptors (Lipinski definition) is 6. The minimum absolute atomic E-state index is 0.0528. The second kappa shape index (κ2) is 7.47. The Morgan fingerprint density at radius 2 is 1.79 bits per heavy atom. The number of furan rings is 1. The molecule has 0 aliphatic carbocycles. The van der Waals surface area contributed by atoms with Gasteiger partial charge in [-0.3, -0.25) is 10.1 Å². The van der Waals surface area contributed by atoms with Crippen molar-refractivity contribution in [1.82, 2.24) is 0 Å². The molecule has 0 unspecified atom stereocenters. The molecule has 2 aromatic carbocycles. The van der Waals surface area contributed by atoms with E-state index in [2.05, 4.69) is 0 Å². The fraction of sp³-hybridized carbons (Fsp3) is 0.0455. The number of methoxy groups -OCH3 is 1. The van der Waals surface area contributed by atoms with Crippen LogP contribution in [-0.4, -0.2) is 18.0 Å². The molecule has 0 atom stereocenters. The molecule has 29 heavy (non-hydrogen) atoms. The molecule has 0 N–H and O–H groups in total. The average molecular weight is 389 g/mol. The zero-order valence-corrected chi connectivity index (χ0v) is 15.3. The third kappa shape index (κ3) is 3.66. The molecule has 3 aromatic rings. The van der Waals surface area contributed by atoms with Crippen molar-refractivity contribution in [1.29, 1.82) is 0 Å². The van der Waals surface area contributed by atoms with Crippen molar-refractivity contribution in [3.63, 3.8) is 0 Å². The summed E-state index contributed by atoms with van der Waals surface area (Å²) >= 11 is 0. The Morgan fingerprint density at radius 1 is 1.03 bits per heavy atom. The number of nitro benzene ring substituents is 1. The van der Waals surface area contributed by atoms with Crippen molar-refractivity contribution >= 4 is 23.5 Å². The van der Waals surface area contributed by atoms with Crippen LogP contribution in [0.5, 0.6) is 5.75 Å². The van der Waals surface area contributed by atoms with Crippen LogP contribution in [0.15, 0.2) is 76.7 Å². The van der Waals surface area contributed by atoms with Crippen molar-refractivity contribution in [2.45, 2.75) is 0 Å². The van der Waals surface area contributed by atoms with Crippen LogP contribution < -0.4 is 4.74 Å². The van der Waals surface area contributed by atoms with Gasteiger partial charge in [-0.2, -0.15) is 0 Å². The Kier molecular flexibility index (Phi) is 4.70. The van der Waals surface area contributed by atoms with Gasteiger partial charge < -0.3 is 13.9 Å². The van der Waals surface area contributed by atoms with Crippen LogP contribution in [-0.2, 0) is 9.53 Å². The summed E-state index contributed by atoms with van der Waals surface area (Å²) in [5.41, 5.74) is 1.37. The monoisotopic (exact) mass is 389 g/mol. The van der Waals surface area contributed by atoms with Crippen LogP contribution in [0.25, 0.3) is 23.2 Å². The second-order valence-corrected chi connectivity index (χ2v) is 6.20. The molecule has 0 bridgehead atoms. The van der Waals surface area contributed by atoms with E-state index in [1.165, 1.54) is 12.1 Å². The highest BCUT2D eigenvalue weighted by Gasteiger charge is 2.23. The number of ether oxygens (including phenoxy) is 2. The van der Waals surface area contributed by atoms with E-state index in [1.807, 2.05) is 0 Å². The molecule has 7 heteroatoms. The van der Waals surface area contributed by atoms with Crippen molar-refractivity contribution in [2.24, 2.45) is 0 Å². The van der Waals surface area contributed by atoms with Gasteiger partial charge in [-0.15, -0.1) is 0 Å².